The monoisotopic (exact) mass is 190 g/mol. The highest BCUT2D eigenvalue weighted by atomic mass is 31.2. The van der Waals surface area contributed by atoms with Crippen LogP contribution in [-0.4, -0.2) is 19.4 Å². The van der Waals surface area contributed by atoms with E-state index in [4.69, 9.17) is 4.52 Å². The maximum absolute atomic E-state index is 11.3. The minimum atomic E-state index is -2.25. The Morgan fingerprint density at radius 2 is 1.67 bits per heavy atom. The summed E-state index contributed by atoms with van der Waals surface area (Å²) >= 11 is 0. The molecule has 0 aromatic rings. The average Bonchev–Trinajstić information content (AvgIpc) is 1.91. The molecular formula is C9H19O2P. The van der Waals surface area contributed by atoms with E-state index in [0.717, 1.165) is 18.8 Å². The lowest BCUT2D eigenvalue weighted by Crippen LogP contribution is -2.19. The first-order valence-electron chi connectivity index (χ1n) is 4.71. The summed E-state index contributed by atoms with van der Waals surface area (Å²) in [7, 11) is -2.25. The molecule has 0 heterocycles. The van der Waals surface area contributed by atoms with Gasteiger partial charge in [-0.2, -0.15) is 0 Å². The number of rotatable bonds is 2. The highest BCUT2D eigenvalue weighted by Gasteiger charge is 2.22. The maximum Gasteiger partial charge on any atom is 0.197 e. The quantitative estimate of drug-likeness (QED) is 0.625. The van der Waals surface area contributed by atoms with E-state index in [1.165, 1.54) is 12.8 Å². The van der Waals surface area contributed by atoms with Crippen molar-refractivity contribution in [3.63, 3.8) is 0 Å². The molecule has 1 saturated carbocycles. The molecule has 0 unspecified atom stereocenters. The van der Waals surface area contributed by atoms with E-state index in [1.54, 1.807) is 13.3 Å². The Morgan fingerprint density at radius 1 is 1.17 bits per heavy atom. The standard InChI is InChI=1S/C9H19O2P/c1-8-4-6-9(7-5-8)11-12(2,3)10/h8-9H,4-7H2,1-3H3. The van der Waals surface area contributed by atoms with E-state index in [-0.39, 0.29) is 6.10 Å². The van der Waals surface area contributed by atoms with Crippen LogP contribution in [0.3, 0.4) is 0 Å². The minimum Gasteiger partial charge on any atom is -0.325 e. The molecule has 0 aromatic heterocycles. The molecule has 0 spiro atoms. The van der Waals surface area contributed by atoms with Gasteiger partial charge >= 0.3 is 0 Å². The van der Waals surface area contributed by atoms with Crippen LogP contribution >= 0.6 is 7.37 Å². The zero-order chi connectivity index (χ0) is 9.19. The molecule has 1 fully saturated rings. The van der Waals surface area contributed by atoms with Crippen molar-refractivity contribution in [3.8, 4) is 0 Å². The van der Waals surface area contributed by atoms with E-state index < -0.39 is 7.37 Å². The molecule has 0 N–H and O–H groups in total. The van der Waals surface area contributed by atoms with Crippen LogP contribution in [0.4, 0.5) is 0 Å². The van der Waals surface area contributed by atoms with Crippen molar-refractivity contribution in [2.24, 2.45) is 5.92 Å². The first kappa shape index (κ1) is 10.3. The topological polar surface area (TPSA) is 26.3 Å². The molecule has 72 valence electrons. The normalized spacial score (nSPS) is 31.9. The van der Waals surface area contributed by atoms with Gasteiger partial charge in [0.25, 0.3) is 0 Å². The summed E-state index contributed by atoms with van der Waals surface area (Å²) in [5.74, 6) is 0.831. The van der Waals surface area contributed by atoms with Gasteiger partial charge in [-0.25, -0.2) is 0 Å². The summed E-state index contributed by atoms with van der Waals surface area (Å²) in [6, 6.07) is 0. The summed E-state index contributed by atoms with van der Waals surface area (Å²) < 4.78 is 16.8. The van der Waals surface area contributed by atoms with Gasteiger partial charge < -0.3 is 4.52 Å². The molecule has 1 rings (SSSR count). The largest absolute Gasteiger partial charge is 0.325 e. The molecule has 0 radical (unpaired) electrons. The van der Waals surface area contributed by atoms with Crippen molar-refractivity contribution in [2.45, 2.75) is 38.7 Å². The van der Waals surface area contributed by atoms with Crippen molar-refractivity contribution in [3.05, 3.63) is 0 Å². The van der Waals surface area contributed by atoms with Gasteiger partial charge in [-0.1, -0.05) is 6.92 Å². The Bertz CT molecular complexity index is 177. The van der Waals surface area contributed by atoms with E-state index in [0.29, 0.717) is 0 Å². The Balaban J connectivity index is 2.31. The molecule has 0 atom stereocenters. The molecule has 1 aliphatic carbocycles. The summed E-state index contributed by atoms with van der Waals surface area (Å²) in [6.45, 7) is 5.67. The van der Waals surface area contributed by atoms with Gasteiger partial charge in [-0.15, -0.1) is 0 Å². The molecule has 3 heteroatoms. The zero-order valence-electron chi connectivity index (χ0n) is 8.25. The van der Waals surface area contributed by atoms with Gasteiger partial charge in [0, 0.05) is 13.3 Å². The van der Waals surface area contributed by atoms with Gasteiger partial charge in [-0.3, -0.25) is 4.57 Å². The van der Waals surface area contributed by atoms with Crippen molar-refractivity contribution < 1.29 is 9.09 Å². The van der Waals surface area contributed by atoms with Crippen LogP contribution in [0, 0.1) is 5.92 Å². The lowest BCUT2D eigenvalue weighted by atomic mass is 9.89. The van der Waals surface area contributed by atoms with Crippen molar-refractivity contribution in [2.75, 3.05) is 13.3 Å². The Hall–Kier alpha value is 0.190. The summed E-state index contributed by atoms with van der Waals surface area (Å²) in [5.41, 5.74) is 0. The number of hydrogen-bond acceptors (Lipinski definition) is 2. The smallest absolute Gasteiger partial charge is 0.197 e. The highest BCUT2D eigenvalue weighted by Crippen LogP contribution is 2.42. The summed E-state index contributed by atoms with van der Waals surface area (Å²) in [4.78, 5) is 0. The molecule has 12 heavy (non-hydrogen) atoms. The Kier molecular flexibility index (Phi) is 3.37. The first-order valence-corrected chi connectivity index (χ1v) is 7.22. The summed E-state index contributed by atoms with van der Waals surface area (Å²) in [6.07, 6.45) is 4.90. The maximum atomic E-state index is 11.3. The predicted octanol–water partition coefficient (Wildman–Crippen LogP) is 3.12. The van der Waals surface area contributed by atoms with E-state index in [1.807, 2.05) is 0 Å². The second-order valence-electron chi connectivity index (χ2n) is 4.24. The third-order valence-corrected chi connectivity index (χ3v) is 3.17. The fourth-order valence-corrected chi connectivity index (χ4v) is 2.62. The molecule has 0 amide bonds. The molecule has 1 aliphatic rings. The van der Waals surface area contributed by atoms with Crippen molar-refractivity contribution >= 4 is 7.37 Å². The second kappa shape index (κ2) is 3.93. The lowest BCUT2D eigenvalue weighted by Gasteiger charge is -2.27. The van der Waals surface area contributed by atoms with Crippen LogP contribution in [0.15, 0.2) is 0 Å². The SMILES string of the molecule is CC1CCC(OP(C)(C)=O)CC1. The number of hydrogen-bond donors (Lipinski definition) is 0. The molecule has 0 saturated heterocycles. The van der Waals surface area contributed by atoms with Gasteiger partial charge in [-0.05, 0) is 31.6 Å². The van der Waals surface area contributed by atoms with E-state index in [2.05, 4.69) is 6.92 Å². The Morgan fingerprint density at radius 3 is 2.08 bits per heavy atom. The Labute approximate surface area is 75.1 Å². The van der Waals surface area contributed by atoms with Gasteiger partial charge in [0.2, 0.25) is 0 Å². The molecule has 0 aromatic carbocycles. The third kappa shape index (κ3) is 3.73. The molecular weight excluding hydrogens is 171 g/mol. The fourth-order valence-electron chi connectivity index (χ4n) is 1.69. The van der Waals surface area contributed by atoms with Crippen LogP contribution in [0.25, 0.3) is 0 Å². The van der Waals surface area contributed by atoms with Crippen LogP contribution in [-0.2, 0) is 9.09 Å². The minimum absolute atomic E-state index is 0.266. The highest BCUT2D eigenvalue weighted by molar-refractivity contribution is 7.57. The molecule has 2 nitrogen and oxygen atoms in total. The van der Waals surface area contributed by atoms with Crippen LogP contribution in [0.2, 0.25) is 0 Å². The molecule has 0 bridgehead atoms. The second-order valence-corrected chi connectivity index (χ2v) is 6.95. The van der Waals surface area contributed by atoms with Gasteiger partial charge in [0.05, 0.1) is 6.10 Å². The first-order chi connectivity index (χ1) is 5.47. The average molecular weight is 190 g/mol. The van der Waals surface area contributed by atoms with Gasteiger partial charge in [0.1, 0.15) is 0 Å². The third-order valence-electron chi connectivity index (χ3n) is 2.37. The van der Waals surface area contributed by atoms with E-state index >= 15 is 0 Å². The van der Waals surface area contributed by atoms with E-state index in [9.17, 15) is 4.57 Å². The van der Waals surface area contributed by atoms with Crippen LogP contribution < -0.4 is 0 Å². The van der Waals surface area contributed by atoms with Crippen molar-refractivity contribution in [1.29, 1.82) is 0 Å². The fraction of sp³-hybridized carbons (Fsp3) is 1.00. The van der Waals surface area contributed by atoms with Crippen LogP contribution in [0.1, 0.15) is 32.6 Å². The van der Waals surface area contributed by atoms with Crippen LogP contribution in [0.5, 0.6) is 0 Å². The van der Waals surface area contributed by atoms with Gasteiger partial charge in [0.15, 0.2) is 7.37 Å². The predicted molar refractivity (Wildman–Crippen MR) is 52.0 cm³/mol. The molecule has 0 aliphatic heterocycles. The lowest BCUT2D eigenvalue weighted by molar-refractivity contribution is 0.141. The summed E-state index contributed by atoms with van der Waals surface area (Å²) in [5, 5.41) is 0. The zero-order valence-corrected chi connectivity index (χ0v) is 9.14. The van der Waals surface area contributed by atoms with Crippen molar-refractivity contribution in [1.82, 2.24) is 0 Å².